The molecule has 0 aromatic heterocycles. The highest BCUT2D eigenvalue weighted by molar-refractivity contribution is 9.10. The van der Waals surface area contributed by atoms with Gasteiger partial charge >= 0.3 is 5.97 Å². The highest BCUT2D eigenvalue weighted by Gasteiger charge is 2.40. The minimum atomic E-state index is -0.439. The van der Waals surface area contributed by atoms with Gasteiger partial charge in [0.2, 0.25) is 0 Å². The Morgan fingerprint density at radius 3 is 2.68 bits per heavy atom. The van der Waals surface area contributed by atoms with Crippen LogP contribution in [0.25, 0.3) is 0 Å². The van der Waals surface area contributed by atoms with Gasteiger partial charge in [0.15, 0.2) is 5.90 Å². The Morgan fingerprint density at radius 2 is 2.11 bits per heavy atom. The first kappa shape index (κ1) is 14.1. The minimum Gasteiger partial charge on any atom is -0.484 e. The van der Waals surface area contributed by atoms with Gasteiger partial charge in [0.05, 0.1) is 20.3 Å². The first-order valence-corrected chi connectivity index (χ1v) is 6.97. The average Bonchev–Trinajstić information content (AvgIpc) is 2.83. The van der Waals surface area contributed by atoms with Gasteiger partial charge in [0, 0.05) is 10.4 Å². The molecule has 2 atom stereocenters. The Labute approximate surface area is 120 Å². The van der Waals surface area contributed by atoms with Gasteiger partial charge in [-0.05, 0) is 24.6 Å². The number of aliphatic imine (C=N–C) groups is 1. The van der Waals surface area contributed by atoms with Crippen LogP contribution in [0, 0.1) is 5.92 Å². The van der Waals surface area contributed by atoms with E-state index in [1.165, 1.54) is 7.11 Å². The molecule has 0 spiro atoms. The van der Waals surface area contributed by atoms with Crippen molar-refractivity contribution >= 4 is 27.8 Å². The van der Waals surface area contributed by atoms with Crippen LogP contribution in [0.5, 0.6) is 0 Å². The third kappa shape index (κ3) is 2.97. The Kier molecular flexibility index (Phi) is 4.58. The number of hydrogen-bond donors (Lipinski definition) is 0. The lowest BCUT2D eigenvalue weighted by Gasteiger charge is -2.19. The van der Waals surface area contributed by atoms with E-state index in [1.807, 2.05) is 24.3 Å². The van der Waals surface area contributed by atoms with Gasteiger partial charge in [0.1, 0.15) is 5.92 Å². The number of esters is 1. The second-order valence-corrected chi connectivity index (χ2v) is 5.19. The molecule has 102 valence electrons. The summed E-state index contributed by atoms with van der Waals surface area (Å²) >= 11 is 3.40. The molecule has 1 aliphatic rings. The zero-order valence-electron chi connectivity index (χ0n) is 10.9. The van der Waals surface area contributed by atoms with E-state index in [0.29, 0.717) is 19.0 Å². The number of methoxy groups -OCH3 is 1. The van der Waals surface area contributed by atoms with Crippen LogP contribution in [-0.4, -0.2) is 32.1 Å². The van der Waals surface area contributed by atoms with Gasteiger partial charge in [-0.2, -0.15) is 0 Å². The number of carbonyl (C=O) groups excluding carboxylic acids is 1. The number of nitrogens with zero attached hydrogens (tertiary/aromatic N) is 1. The topological polar surface area (TPSA) is 47.9 Å². The molecule has 1 heterocycles. The molecule has 1 aliphatic heterocycles. The van der Waals surface area contributed by atoms with Crippen molar-refractivity contribution in [1.82, 2.24) is 0 Å². The van der Waals surface area contributed by atoms with E-state index in [-0.39, 0.29) is 11.9 Å². The molecular formula is C14H16BrNO3. The third-order valence-corrected chi connectivity index (χ3v) is 3.69. The quantitative estimate of drug-likeness (QED) is 0.803. The number of rotatable bonds is 3. The lowest BCUT2D eigenvalue weighted by atomic mass is 9.88. The van der Waals surface area contributed by atoms with Gasteiger partial charge in [-0.15, -0.1) is 0 Å². The van der Waals surface area contributed by atoms with E-state index in [2.05, 4.69) is 20.9 Å². The Balaban J connectivity index is 2.25. The van der Waals surface area contributed by atoms with E-state index in [9.17, 15) is 4.79 Å². The van der Waals surface area contributed by atoms with Crippen LogP contribution in [0.2, 0.25) is 0 Å². The van der Waals surface area contributed by atoms with Gasteiger partial charge in [-0.1, -0.05) is 28.1 Å². The van der Waals surface area contributed by atoms with Crippen LogP contribution in [0.1, 0.15) is 18.4 Å². The maximum Gasteiger partial charge on any atom is 0.319 e. The molecule has 0 aliphatic carbocycles. The molecule has 0 fully saturated rings. The fourth-order valence-corrected chi connectivity index (χ4v) is 2.52. The summed E-state index contributed by atoms with van der Waals surface area (Å²) in [7, 11) is 1.54. The third-order valence-electron chi connectivity index (χ3n) is 3.16. The number of carbonyl (C=O) groups is 1. The zero-order valence-corrected chi connectivity index (χ0v) is 12.5. The van der Waals surface area contributed by atoms with Crippen molar-refractivity contribution in [3.8, 4) is 0 Å². The van der Waals surface area contributed by atoms with Crippen molar-refractivity contribution in [2.75, 3.05) is 20.3 Å². The van der Waals surface area contributed by atoms with Crippen LogP contribution in [0.4, 0.5) is 0 Å². The number of benzene rings is 1. The number of halogens is 1. The van der Waals surface area contributed by atoms with Crippen LogP contribution in [-0.2, 0) is 14.3 Å². The molecule has 0 bridgehead atoms. The van der Waals surface area contributed by atoms with Crippen molar-refractivity contribution in [2.24, 2.45) is 10.9 Å². The smallest absolute Gasteiger partial charge is 0.319 e. The standard InChI is InChI=1S/C14H16BrNO3/c1-3-19-14(17)12-11(8-16-13(12)18-2)9-4-6-10(15)7-5-9/h4-7,11-12H,3,8H2,1-2H3. The largest absolute Gasteiger partial charge is 0.484 e. The summed E-state index contributed by atoms with van der Waals surface area (Å²) in [4.78, 5) is 16.4. The first-order chi connectivity index (χ1) is 9.17. The Morgan fingerprint density at radius 1 is 1.42 bits per heavy atom. The SMILES string of the molecule is CCOC(=O)C1C(OC)=NCC1c1ccc(Br)cc1. The van der Waals surface area contributed by atoms with Gasteiger partial charge < -0.3 is 9.47 Å². The average molecular weight is 326 g/mol. The second kappa shape index (κ2) is 6.19. The summed E-state index contributed by atoms with van der Waals surface area (Å²) in [6.07, 6.45) is 0. The highest BCUT2D eigenvalue weighted by atomic mass is 79.9. The van der Waals surface area contributed by atoms with Gasteiger partial charge in [-0.25, -0.2) is 0 Å². The molecule has 19 heavy (non-hydrogen) atoms. The molecule has 0 saturated heterocycles. The van der Waals surface area contributed by atoms with Crippen LogP contribution in [0.3, 0.4) is 0 Å². The van der Waals surface area contributed by atoms with Gasteiger partial charge in [0.25, 0.3) is 0 Å². The van der Waals surface area contributed by atoms with E-state index in [0.717, 1.165) is 10.0 Å². The maximum absolute atomic E-state index is 12.1. The summed E-state index contributed by atoms with van der Waals surface area (Å²) in [5.74, 6) is -0.256. The van der Waals surface area contributed by atoms with Crippen LogP contribution < -0.4 is 0 Å². The first-order valence-electron chi connectivity index (χ1n) is 6.17. The minimum absolute atomic E-state index is 0.0119. The summed E-state index contributed by atoms with van der Waals surface area (Å²) in [6, 6.07) is 7.91. The van der Waals surface area contributed by atoms with Crippen molar-refractivity contribution in [2.45, 2.75) is 12.8 Å². The van der Waals surface area contributed by atoms with Gasteiger partial charge in [-0.3, -0.25) is 9.79 Å². The van der Waals surface area contributed by atoms with Crippen molar-refractivity contribution in [3.63, 3.8) is 0 Å². The number of ether oxygens (including phenoxy) is 2. The van der Waals surface area contributed by atoms with Crippen molar-refractivity contribution in [3.05, 3.63) is 34.3 Å². The lowest BCUT2D eigenvalue weighted by Crippen LogP contribution is -2.29. The molecule has 0 radical (unpaired) electrons. The molecule has 0 N–H and O–H groups in total. The van der Waals surface area contributed by atoms with E-state index >= 15 is 0 Å². The molecule has 1 aromatic carbocycles. The monoisotopic (exact) mass is 325 g/mol. The van der Waals surface area contributed by atoms with Crippen LogP contribution in [0.15, 0.2) is 33.7 Å². The van der Waals surface area contributed by atoms with E-state index in [4.69, 9.17) is 9.47 Å². The lowest BCUT2D eigenvalue weighted by molar-refractivity contribution is -0.146. The van der Waals surface area contributed by atoms with E-state index < -0.39 is 5.92 Å². The normalized spacial score (nSPS) is 21.9. The molecule has 1 aromatic rings. The highest BCUT2D eigenvalue weighted by Crippen LogP contribution is 2.33. The van der Waals surface area contributed by atoms with Crippen molar-refractivity contribution in [1.29, 1.82) is 0 Å². The molecule has 2 unspecified atom stereocenters. The zero-order chi connectivity index (χ0) is 13.8. The second-order valence-electron chi connectivity index (χ2n) is 4.27. The predicted molar refractivity (Wildman–Crippen MR) is 76.3 cm³/mol. The number of hydrogen-bond acceptors (Lipinski definition) is 4. The fraction of sp³-hybridized carbons (Fsp3) is 0.429. The summed E-state index contributed by atoms with van der Waals surface area (Å²) in [5, 5.41) is 0. The maximum atomic E-state index is 12.1. The Bertz CT molecular complexity index is 484. The summed E-state index contributed by atoms with van der Waals surface area (Å²) in [5.41, 5.74) is 1.07. The molecule has 5 heteroatoms. The fourth-order valence-electron chi connectivity index (χ4n) is 2.26. The van der Waals surface area contributed by atoms with Crippen LogP contribution >= 0.6 is 15.9 Å². The molecule has 2 rings (SSSR count). The Hall–Kier alpha value is -1.36. The molecule has 0 amide bonds. The summed E-state index contributed by atoms with van der Waals surface area (Å²) < 4.78 is 11.3. The predicted octanol–water partition coefficient (Wildman–Crippen LogP) is 2.77. The summed E-state index contributed by atoms with van der Waals surface area (Å²) in [6.45, 7) is 2.71. The molecule has 4 nitrogen and oxygen atoms in total. The molecule has 0 saturated carbocycles. The molecular weight excluding hydrogens is 310 g/mol. The van der Waals surface area contributed by atoms with E-state index in [1.54, 1.807) is 6.92 Å². The van der Waals surface area contributed by atoms with Crippen molar-refractivity contribution < 1.29 is 14.3 Å².